The minimum atomic E-state index is -4.69. The lowest BCUT2D eigenvalue weighted by atomic mass is 10.1. The van der Waals surface area contributed by atoms with Crippen molar-refractivity contribution in [1.29, 1.82) is 0 Å². The highest BCUT2D eigenvalue weighted by molar-refractivity contribution is 7.46. The Morgan fingerprint density at radius 2 is 2.32 bits per heavy atom. The topological polar surface area (TPSA) is 158 Å². The van der Waals surface area contributed by atoms with Gasteiger partial charge >= 0.3 is 13.4 Å². The molecular formula is C11H14N3O7P. The second kappa shape index (κ2) is 6.32. The minimum Gasteiger partial charge on any atom is -0.506 e. The lowest BCUT2D eigenvalue weighted by molar-refractivity contribution is 0.188. The zero-order chi connectivity index (χ0) is 17.2. The van der Waals surface area contributed by atoms with Crippen molar-refractivity contribution in [2.45, 2.75) is 20.1 Å². The first-order valence-electron chi connectivity index (χ1n) is 6.47. The lowest BCUT2D eigenvalue weighted by Gasteiger charge is -2.14. The highest BCUT2D eigenvalue weighted by Gasteiger charge is 2.18. The number of aromatic nitrogens is 2. The third kappa shape index (κ3) is 3.95. The van der Waals surface area contributed by atoms with Gasteiger partial charge in [-0.15, -0.1) is 0 Å². The summed E-state index contributed by atoms with van der Waals surface area (Å²) in [5, 5.41) is 14.7. The van der Waals surface area contributed by atoms with Crippen LogP contribution in [-0.2, 0) is 22.2 Å². The molecule has 120 valence electrons. The van der Waals surface area contributed by atoms with E-state index in [1.165, 1.54) is 13.1 Å². The maximum absolute atomic E-state index is 11.4. The summed E-state index contributed by atoms with van der Waals surface area (Å²) >= 11 is 0. The van der Waals surface area contributed by atoms with Crippen LogP contribution in [0.3, 0.4) is 0 Å². The fraction of sp³-hybridized carbons (Fsp3) is 0.273. The molecule has 10 nitrogen and oxygen atoms in total. The third-order valence-corrected chi connectivity index (χ3v) is 3.25. The number of rotatable bonds is 6. The van der Waals surface area contributed by atoms with E-state index in [0.29, 0.717) is 0 Å². The number of phosphoric acid groups is 1. The molecule has 0 aromatic carbocycles. The molecule has 0 radical (unpaired) electrons. The van der Waals surface area contributed by atoms with Gasteiger partial charge in [0.15, 0.2) is 0 Å². The van der Waals surface area contributed by atoms with Gasteiger partial charge in [0.05, 0.1) is 12.3 Å². The molecule has 0 fully saturated rings. The SMILES string of the molecule is [2H]c1o[nH]c(=O)c1NCc1c(COP(=O)(O)O)cnc(C)c1O. The molecule has 2 rings (SSSR count). The van der Waals surface area contributed by atoms with Gasteiger partial charge in [-0.05, 0) is 6.92 Å². The maximum atomic E-state index is 11.4. The van der Waals surface area contributed by atoms with E-state index < -0.39 is 26.2 Å². The Kier molecular flexibility index (Phi) is 4.25. The molecule has 0 amide bonds. The Labute approximate surface area is 125 Å². The molecule has 22 heavy (non-hydrogen) atoms. The molecule has 0 aliphatic carbocycles. The monoisotopic (exact) mass is 332 g/mol. The summed E-state index contributed by atoms with van der Waals surface area (Å²) in [7, 11) is -4.69. The quantitative estimate of drug-likeness (QED) is 0.477. The zero-order valence-corrected chi connectivity index (χ0v) is 12.3. The van der Waals surface area contributed by atoms with Crippen LogP contribution in [0.15, 0.2) is 21.8 Å². The number of hydrogen-bond acceptors (Lipinski definition) is 7. The number of hydrogen-bond donors (Lipinski definition) is 5. The van der Waals surface area contributed by atoms with Crippen LogP contribution >= 0.6 is 7.82 Å². The van der Waals surface area contributed by atoms with E-state index in [9.17, 15) is 14.5 Å². The van der Waals surface area contributed by atoms with Gasteiger partial charge in [-0.2, -0.15) is 5.16 Å². The van der Waals surface area contributed by atoms with Crippen LogP contribution < -0.4 is 10.9 Å². The van der Waals surface area contributed by atoms with Gasteiger partial charge in [0.1, 0.15) is 19.0 Å². The van der Waals surface area contributed by atoms with Gasteiger partial charge in [-0.25, -0.2) is 4.57 Å². The van der Waals surface area contributed by atoms with Crippen molar-refractivity contribution in [1.82, 2.24) is 10.1 Å². The molecule has 0 saturated carbocycles. The van der Waals surface area contributed by atoms with E-state index in [2.05, 4.69) is 19.3 Å². The number of aromatic hydroxyl groups is 1. The number of nitrogens with zero attached hydrogens (tertiary/aromatic N) is 1. The standard InChI is InChI=1S/C11H14N3O7P/c1-6-10(15)8(3-13-9-5-20-14-11(9)16)7(2-12-6)4-21-22(17,18)19/h2,5,13,15H,3-4H2,1H3,(H,14,16)(H2,17,18,19)/i5D. The van der Waals surface area contributed by atoms with E-state index in [1.54, 1.807) is 0 Å². The summed E-state index contributed by atoms with van der Waals surface area (Å²) in [6.45, 7) is 0.939. The summed E-state index contributed by atoms with van der Waals surface area (Å²) in [5.74, 6) is -0.212. The van der Waals surface area contributed by atoms with Crippen molar-refractivity contribution in [3.8, 4) is 5.75 Å². The first-order chi connectivity index (χ1) is 10.7. The summed E-state index contributed by atoms with van der Waals surface area (Å²) < 4.78 is 27.1. The summed E-state index contributed by atoms with van der Waals surface area (Å²) in [4.78, 5) is 32.8. The molecule has 0 atom stereocenters. The van der Waals surface area contributed by atoms with Crippen molar-refractivity contribution in [2.24, 2.45) is 0 Å². The number of H-pyrrole nitrogens is 1. The van der Waals surface area contributed by atoms with Gasteiger partial charge in [-0.3, -0.25) is 14.3 Å². The normalized spacial score (nSPS) is 12.2. The predicted octanol–water partition coefficient (Wildman–Crippen LogP) is 0.598. The highest BCUT2D eigenvalue weighted by Crippen LogP contribution is 2.38. The average molecular weight is 332 g/mol. The van der Waals surface area contributed by atoms with Gasteiger partial charge in [0.25, 0.3) is 0 Å². The van der Waals surface area contributed by atoms with Crippen molar-refractivity contribution < 1.29 is 29.9 Å². The largest absolute Gasteiger partial charge is 0.506 e. The Morgan fingerprint density at radius 3 is 2.91 bits per heavy atom. The van der Waals surface area contributed by atoms with Gasteiger partial charge in [-0.1, -0.05) is 0 Å². The summed E-state index contributed by atoms with van der Waals surface area (Å²) in [6, 6.07) is 0. The molecule has 2 heterocycles. The second-order valence-corrected chi connectivity index (χ2v) is 5.56. The lowest BCUT2D eigenvalue weighted by Crippen LogP contribution is -2.11. The van der Waals surface area contributed by atoms with Crippen molar-refractivity contribution in [3.05, 3.63) is 39.6 Å². The Morgan fingerprint density at radius 1 is 1.59 bits per heavy atom. The Balaban J connectivity index is 2.27. The average Bonchev–Trinajstić information content (AvgIpc) is 2.77. The molecule has 5 N–H and O–H groups in total. The van der Waals surface area contributed by atoms with Gasteiger partial charge in [0, 0.05) is 23.9 Å². The molecule has 2 aromatic rings. The molecule has 11 heteroatoms. The zero-order valence-electron chi connectivity index (χ0n) is 12.4. The van der Waals surface area contributed by atoms with Crippen LogP contribution in [0.4, 0.5) is 5.69 Å². The third-order valence-electron chi connectivity index (χ3n) is 2.78. The summed E-state index contributed by atoms with van der Waals surface area (Å²) in [5.41, 5.74) is -0.0516. The van der Waals surface area contributed by atoms with Crippen LogP contribution in [0.5, 0.6) is 5.75 Å². The highest BCUT2D eigenvalue weighted by atomic mass is 31.2. The van der Waals surface area contributed by atoms with E-state index in [-0.39, 0.29) is 34.8 Å². The first-order valence-corrected chi connectivity index (χ1v) is 7.50. The molecular weight excluding hydrogens is 317 g/mol. The predicted molar refractivity (Wildman–Crippen MR) is 74.1 cm³/mol. The van der Waals surface area contributed by atoms with Crippen LogP contribution in [0.2, 0.25) is 0 Å². The van der Waals surface area contributed by atoms with Crippen LogP contribution in [0.1, 0.15) is 18.2 Å². The number of aromatic amines is 1. The number of aryl methyl sites for hydroxylation is 1. The van der Waals surface area contributed by atoms with Crippen molar-refractivity contribution in [2.75, 3.05) is 5.32 Å². The maximum Gasteiger partial charge on any atom is 0.469 e. The molecule has 2 aromatic heterocycles. The van der Waals surface area contributed by atoms with Crippen molar-refractivity contribution >= 4 is 13.5 Å². The smallest absolute Gasteiger partial charge is 0.469 e. The number of phosphoric ester groups is 1. The molecule has 0 unspecified atom stereocenters. The van der Waals surface area contributed by atoms with Crippen LogP contribution in [-0.4, -0.2) is 25.0 Å². The van der Waals surface area contributed by atoms with E-state index in [4.69, 9.17) is 11.2 Å². The molecule has 0 aliphatic rings. The van der Waals surface area contributed by atoms with Gasteiger partial charge < -0.3 is 24.7 Å². The fourth-order valence-electron chi connectivity index (χ4n) is 1.67. The van der Waals surface area contributed by atoms with Gasteiger partial charge in [0.2, 0.25) is 0 Å². The Hall–Kier alpha value is -2.13. The molecule has 0 bridgehead atoms. The van der Waals surface area contributed by atoms with E-state index in [0.717, 1.165) is 0 Å². The minimum absolute atomic E-state index is 0.108. The molecule has 0 spiro atoms. The molecule has 0 aliphatic heterocycles. The number of anilines is 1. The number of nitrogens with one attached hydrogen (secondary N) is 2. The number of pyridine rings is 1. The summed E-state index contributed by atoms with van der Waals surface area (Å²) in [6.07, 6.45) is 0.886. The van der Waals surface area contributed by atoms with Crippen LogP contribution in [0.25, 0.3) is 0 Å². The van der Waals surface area contributed by atoms with Crippen LogP contribution in [0, 0.1) is 6.92 Å². The fourth-order valence-corrected chi connectivity index (χ4v) is 1.98. The molecule has 0 saturated heterocycles. The second-order valence-electron chi connectivity index (χ2n) is 4.32. The first kappa shape index (κ1) is 14.8. The van der Waals surface area contributed by atoms with E-state index in [1.807, 2.05) is 5.16 Å². The van der Waals surface area contributed by atoms with E-state index >= 15 is 0 Å². The van der Waals surface area contributed by atoms with Crippen molar-refractivity contribution in [3.63, 3.8) is 0 Å². The Bertz CT molecular complexity index is 812.